The van der Waals surface area contributed by atoms with E-state index in [1.54, 1.807) is 0 Å². The average molecular weight is 378 g/mol. The van der Waals surface area contributed by atoms with Gasteiger partial charge in [-0.3, -0.25) is 4.79 Å². The van der Waals surface area contributed by atoms with Crippen molar-refractivity contribution in [2.75, 3.05) is 19.6 Å². The second-order valence-corrected chi connectivity index (χ2v) is 6.49. The van der Waals surface area contributed by atoms with E-state index in [0.717, 1.165) is 50.5 Å². The van der Waals surface area contributed by atoms with E-state index >= 15 is 0 Å². The van der Waals surface area contributed by atoms with Gasteiger partial charge >= 0.3 is 0 Å². The van der Waals surface area contributed by atoms with Crippen LogP contribution >= 0.6 is 24.8 Å². The van der Waals surface area contributed by atoms with E-state index in [9.17, 15) is 4.79 Å². The topological polar surface area (TPSA) is 71.8 Å². The zero-order valence-corrected chi connectivity index (χ0v) is 15.8. The number of hydrogen-bond donors (Lipinski definition) is 2. The minimum Gasteiger partial charge on any atom is -0.356 e. The summed E-state index contributed by atoms with van der Waals surface area (Å²) < 4.78 is 2.25. The van der Waals surface area contributed by atoms with Gasteiger partial charge in [0.2, 0.25) is 5.91 Å². The highest BCUT2D eigenvalue weighted by Gasteiger charge is 2.16. The third-order valence-electron chi connectivity index (χ3n) is 4.80. The predicted molar refractivity (Wildman–Crippen MR) is 99.0 cm³/mol. The van der Waals surface area contributed by atoms with Gasteiger partial charge in [0.1, 0.15) is 11.6 Å². The Balaban J connectivity index is 0.00000144. The lowest BCUT2D eigenvalue weighted by molar-refractivity contribution is -0.121. The van der Waals surface area contributed by atoms with Crippen molar-refractivity contribution in [3.63, 3.8) is 0 Å². The summed E-state index contributed by atoms with van der Waals surface area (Å²) in [5.74, 6) is 2.99. The lowest BCUT2D eigenvalue weighted by Crippen LogP contribution is -2.27. The van der Waals surface area contributed by atoms with E-state index in [1.807, 2.05) is 0 Å². The van der Waals surface area contributed by atoms with Crippen molar-refractivity contribution in [1.29, 1.82) is 0 Å². The molecule has 3 rings (SSSR count). The number of hydrogen-bond acceptors (Lipinski definition) is 4. The van der Waals surface area contributed by atoms with Crippen LogP contribution in [0.25, 0.3) is 0 Å². The maximum atomic E-state index is 11.9. The molecule has 1 fully saturated rings. The van der Waals surface area contributed by atoms with Crippen LogP contribution in [0.4, 0.5) is 0 Å². The first kappa shape index (κ1) is 21.2. The molecule has 2 aliphatic heterocycles. The largest absolute Gasteiger partial charge is 0.356 e. The Morgan fingerprint density at radius 1 is 1.25 bits per heavy atom. The quantitative estimate of drug-likeness (QED) is 0.793. The molecule has 3 heterocycles. The van der Waals surface area contributed by atoms with Gasteiger partial charge in [-0.2, -0.15) is 0 Å². The summed E-state index contributed by atoms with van der Waals surface area (Å²) in [6.45, 7) is 3.86. The van der Waals surface area contributed by atoms with Crippen LogP contribution in [0.3, 0.4) is 0 Å². The van der Waals surface area contributed by atoms with Gasteiger partial charge in [-0.05, 0) is 44.7 Å². The van der Waals surface area contributed by atoms with Crippen molar-refractivity contribution >= 4 is 30.7 Å². The molecule has 1 aromatic heterocycles. The number of amides is 1. The van der Waals surface area contributed by atoms with Crippen LogP contribution in [0.15, 0.2) is 0 Å². The van der Waals surface area contributed by atoms with Crippen LogP contribution in [0.2, 0.25) is 0 Å². The Bertz CT molecular complexity index is 503. The normalized spacial score (nSPS) is 19.6. The van der Waals surface area contributed by atoms with E-state index in [4.69, 9.17) is 0 Å². The molecule has 0 saturated carbocycles. The van der Waals surface area contributed by atoms with Crippen molar-refractivity contribution in [3.05, 3.63) is 11.6 Å². The number of fused-ring (bicyclic) bond motifs is 1. The van der Waals surface area contributed by atoms with Crippen LogP contribution in [0, 0.1) is 5.92 Å². The predicted octanol–water partition coefficient (Wildman–Crippen LogP) is 1.90. The monoisotopic (exact) mass is 377 g/mol. The van der Waals surface area contributed by atoms with E-state index < -0.39 is 0 Å². The van der Waals surface area contributed by atoms with Gasteiger partial charge in [-0.1, -0.05) is 6.42 Å². The number of rotatable bonds is 6. The summed E-state index contributed by atoms with van der Waals surface area (Å²) in [4.78, 5) is 11.9. The van der Waals surface area contributed by atoms with Crippen molar-refractivity contribution in [2.24, 2.45) is 5.92 Å². The van der Waals surface area contributed by atoms with Gasteiger partial charge in [0, 0.05) is 32.4 Å². The first-order valence-corrected chi connectivity index (χ1v) is 8.71. The van der Waals surface area contributed by atoms with Gasteiger partial charge in [0.05, 0.1) is 0 Å². The van der Waals surface area contributed by atoms with Crippen molar-refractivity contribution < 1.29 is 4.79 Å². The van der Waals surface area contributed by atoms with Crippen LogP contribution in [-0.2, 0) is 24.2 Å². The average Bonchev–Trinajstić information content (AvgIpc) is 3.11. The Hall–Kier alpha value is -0.850. The zero-order chi connectivity index (χ0) is 15.2. The van der Waals surface area contributed by atoms with Crippen LogP contribution in [-0.4, -0.2) is 40.3 Å². The lowest BCUT2D eigenvalue weighted by atomic mass is 10.0. The highest BCUT2D eigenvalue weighted by molar-refractivity contribution is 5.85. The first-order valence-electron chi connectivity index (χ1n) is 8.71. The molecule has 24 heavy (non-hydrogen) atoms. The Labute approximate surface area is 156 Å². The summed E-state index contributed by atoms with van der Waals surface area (Å²) in [6, 6.07) is 0. The van der Waals surface area contributed by atoms with Crippen molar-refractivity contribution in [2.45, 2.75) is 57.9 Å². The molecule has 8 heteroatoms. The van der Waals surface area contributed by atoms with Crippen molar-refractivity contribution in [3.8, 4) is 0 Å². The molecule has 1 aromatic rings. The fourth-order valence-electron chi connectivity index (χ4n) is 3.43. The SMILES string of the molecule is Cl.Cl.O=C(CCC1CCNC1)NCCc1nnc2n1CCCCC2. The number of carbonyl (C=O) groups excluding carboxylic acids is 1. The molecule has 2 aliphatic rings. The van der Waals surface area contributed by atoms with Crippen LogP contribution in [0.1, 0.15) is 50.2 Å². The number of nitrogens with zero attached hydrogens (tertiary/aromatic N) is 3. The number of nitrogens with one attached hydrogen (secondary N) is 2. The summed E-state index contributed by atoms with van der Waals surface area (Å²) in [5.41, 5.74) is 0. The summed E-state index contributed by atoms with van der Waals surface area (Å²) in [5, 5.41) is 15.0. The maximum absolute atomic E-state index is 11.9. The molecule has 0 spiro atoms. The molecular weight excluding hydrogens is 349 g/mol. The molecule has 1 saturated heterocycles. The Kier molecular flexibility index (Phi) is 9.63. The molecule has 2 N–H and O–H groups in total. The first-order chi connectivity index (χ1) is 10.8. The number of carbonyl (C=O) groups is 1. The standard InChI is InChI=1S/C16H27N5O.2ClH/c22-16(6-5-13-7-9-17-12-13)18-10-8-15-20-19-14-4-2-1-3-11-21(14)15;;/h13,17H,1-12H2,(H,18,22);2*1H. The summed E-state index contributed by atoms with van der Waals surface area (Å²) in [7, 11) is 0. The second kappa shape index (κ2) is 10.9. The smallest absolute Gasteiger partial charge is 0.220 e. The molecule has 6 nitrogen and oxygen atoms in total. The van der Waals surface area contributed by atoms with Gasteiger partial charge in [-0.25, -0.2) is 0 Å². The minimum atomic E-state index is 0. The zero-order valence-electron chi connectivity index (χ0n) is 14.1. The highest BCUT2D eigenvalue weighted by atomic mass is 35.5. The fraction of sp³-hybridized carbons (Fsp3) is 0.812. The maximum Gasteiger partial charge on any atom is 0.220 e. The van der Waals surface area contributed by atoms with E-state index in [1.165, 1.54) is 25.7 Å². The van der Waals surface area contributed by atoms with E-state index in [-0.39, 0.29) is 30.7 Å². The van der Waals surface area contributed by atoms with Gasteiger partial charge < -0.3 is 15.2 Å². The fourth-order valence-corrected chi connectivity index (χ4v) is 3.43. The highest BCUT2D eigenvalue weighted by Crippen LogP contribution is 2.15. The van der Waals surface area contributed by atoms with Crippen LogP contribution < -0.4 is 10.6 Å². The van der Waals surface area contributed by atoms with Gasteiger partial charge in [0.25, 0.3) is 0 Å². The Morgan fingerprint density at radius 3 is 2.92 bits per heavy atom. The number of aromatic nitrogens is 3. The molecule has 0 bridgehead atoms. The molecule has 1 atom stereocenters. The molecule has 138 valence electrons. The third kappa shape index (κ3) is 5.90. The Morgan fingerprint density at radius 2 is 2.12 bits per heavy atom. The minimum absolute atomic E-state index is 0. The second-order valence-electron chi connectivity index (χ2n) is 6.49. The third-order valence-corrected chi connectivity index (χ3v) is 4.80. The molecule has 0 radical (unpaired) electrons. The van der Waals surface area contributed by atoms with Crippen LogP contribution in [0.5, 0.6) is 0 Å². The van der Waals surface area contributed by atoms with E-state index in [2.05, 4.69) is 25.4 Å². The lowest BCUT2D eigenvalue weighted by Gasteiger charge is -2.09. The molecule has 1 unspecified atom stereocenters. The molecule has 0 aliphatic carbocycles. The molecule has 0 aromatic carbocycles. The molecular formula is C16H29Cl2N5O. The van der Waals surface area contributed by atoms with Gasteiger partial charge in [-0.15, -0.1) is 35.0 Å². The molecule has 1 amide bonds. The summed E-state index contributed by atoms with van der Waals surface area (Å²) >= 11 is 0. The van der Waals surface area contributed by atoms with E-state index in [0.29, 0.717) is 18.9 Å². The van der Waals surface area contributed by atoms with Gasteiger partial charge in [0.15, 0.2) is 0 Å². The summed E-state index contributed by atoms with van der Waals surface area (Å²) in [6.07, 6.45) is 8.36. The van der Waals surface area contributed by atoms with Crippen molar-refractivity contribution in [1.82, 2.24) is 25.4 Å². The number of halogens is 2. The number of aryl methyl sites for hydroxylation is 1.